The number of rotatable bonds is 12. The maximum Gasteiger partial charge on any atom is 0.324 e. The predicted octanol–water partition coefficient (Wildman–Crippen LogP) is 4.76. The zero-order chi connectivity index (χ0) is 24.1. The van der Waals surface area contributed by atoms with E-state index >= 15 is 0 Å². The molecule has 172 valence electrons. The first kappa shape index (κ1) is 25.5. The van der Waals surface area contributed by atoms with E-state index in [0.717, 1.165) is 0 Å². The van der Waals surface area contributed by atoms with Crippen molar-refractivity contribution in [1.82, 2.24) is 0 Å². The Bertz CT molecular complexity index is 922. The van der Waals surface area contributed by atoms with Crippen molar-refractivity contribution in [3.8, 4) is 0 Å². The van der Waals surface area contributed by atoms with Crippen molar-refractivity contribution < 1.29 is 28.7 Å². The van der Waals surface area contributed by atoms with Crippen LogP contribution in [0.1, 0.15) is 47.4 Å². The Morgan fingerprint density at radius 3 is 1.36 bits per heavy atom. The molecule has 0 unspecified atom stereocenters. The third-order valence-corrected chi connectivity index (χ3v) is 4.92. The standard InChI is InChI=1S/C27H28O6/c1-3-32-25(30)27(26(31)33-4-2,19-11-17-23(28)21-13-7-5-8-14-21)20-12-18-24(29)22-15-9-6-10-16-22/h5-18H,3-4,19-20H2,1-2H3/b17-11+,18-12+. The molecule has 6 heteroatoms. The second kappa shape index (κ2) is 12.9. The van der Waals surface area contributed by atoms with Crippen molar-refractivity contribution in [2.45, 2.75) is 26.7 Å². The normalized spacial score (nSPS) is 11.5. The first-order valence-corrected chi connectivity index (χ1v) is 10.8. The van der Waals surface area contributed by atoms with Crippen LogP contribution in [-0.2, 0) is 19.1 Å². The molecule has 0 saturated carbocycles. The molecule has 0 bridgehead atoms. The quantitative estimate of drug-likeness (QED) is 0.201. The Labute approximate surface area is 193 Å². The average Bonchev–Trinajstić information content (AvgIpc) is 2.84. The summed E-state index contributed by atoms with van der Waals surface area (Å²) in [6.07, 6.45) is 5.34. The number of hydrogen-bond donors (Lipinski definition) is 0. The van der Waals surface area contributed by atoms with Crippen LogP contribution in [0.2, 0.25) is 0 Å². The third-order valence-electron chi connectivity index (χ3n) is 4.92. The Morgan fingerprint density at radius 1 is 0.667 bits per heavy atom. The average molecular weight is 449 g/mol. The molecule has 0 saturated heterocycles. The van der Waals surface area contributed by atoms with Crippen LogP contribution < -0.4 is 0 Å². The first-order chi connectivity index (χ1) is 15.9. The molecule has 0 aliphatic heterocycles. The van der Waals surface area contributed by atoms with E-state index in [-0.39, 0.29) is 37.6 Å². The van der Waals surface area contributed by atoms with Gasteiger partial charge in [-0.15, -0.1) is 0 Å². The summed E-state index contributed by atoms with van der Waals surface area (Å²) in [4.78, 5) is 50.6. The van der Waals surface area contributed by atoms with Gasteiger partial charge in [0, 0.05) is 11.1 Å². The van der Waals surface area contributed by atoms with E-state index in [1.807, 2.05) is 0 Å². The molecular formula is C27H28O6. The molecule has 6 nitrogen and oxygen atoms in total. The van der Waals surface area contributed by atoms with Crippen LogP contribution in [-0.4, -0.2) is 36.7 Å². The van der Waals surface area contributed by atoms with Gasteiger partial charge in [0.15, 0.2) is 17.0 Å². The molecule has 0 aromatic heterocycles. The first-order valence-electron chi connectivity index (χ1n) is 10.8. The number of carbonyl (C=O) groups is 4. The van der Waals surface area contributed by atoms with E-state index in [4.69, 9.17) is 9.47 Å². The molecule has 2 rings (SSSR count). The fraction of sp³-hybridized carbons (Fsp3) is 0.259. The summed E-state index contributed by atoms with van der Waals surface area (Å²) in [5.41, 5.74) is -0.743. The Morgan fingerprint density at radius 2 is 1.03 bits per heavy atom. The van der Waals surface area contributed by atoms with Crippen LogP contribution >= 0.6 is 0 Å². The third kappa shape index (κ3) is 7.10. The molecule has 33 heavy (non-hydrogen) atoms. The number of allylic oxidation sites excluding steroid dienone is 4. The van der Waals surface area contributed by atoms with Gasteiger partial charge >= 0.3 is 11.9 Å². The fourth-order valence-electron chi connectivity index (χ4n) is 3.17. The highest BCUT2D eigenvalue weighted by molar-refractivity contribution is 6.06. The molecule has 0 spiro atoms. The molecule has 2 aromatic rings. The highest BCUT2D eigenvalue weighted by atomic mass is 16.6. The summed E-state index contributed by atoms with van der Waals surface area (Å²) in [6, 6.07) is 17.3. The minimum absolute atomic E-state index is 0.0688. The number of esters is 2. The van der Waals surface area contributed by atoms with E-state index in [9.17, 15) is 19.2 Å². The smallest absolute Gasteiger partial charge is 0.324 e. The molecule has 0 aliphatic carbocycles. The van der Waals surface area contributed by atoms with Gasteiger partial charge in [0.25, 0.3) is 0 Å². The van der Waals surface area contributed by atoms with Crippen LogP contribution in [0.5, 0.6) is 0 Å². The van der Waals surface area contributed by atoms with E-state index < -0.39 is 17.4 Å². The molecule has 2 aromatic carbocycles. The van der Waals surface area contributed by atoms with E-state index in [2.05, 4.69) is 0 Å². The number of benzene rings is 2. The number of ketones is 2. The van der Waals surface area contributed by atoms with Crippen LogP contribution in [0.4, 0.5) is 0 Å². The fourth-order valence-corrected chi connectivity index (χ4v) is 3.17. The molecule has 0 N–H and O–H groups in total. The zero-order valence-corrected chi connectivity index (χ0v) is 18.9. The molecular weight excluding hydrogens is 420 g/mol. The van der Waals surface area contributed by atoms with Crippen LogP contribution in [0.3, 0.4) is 0 Å². The van der Waals surface area contributed by atoms with Crippen LogP contribution in [0.25, 0.3) is 0 Å². The lowest BCUT2D eigenvalue weighted by atomic mass is 9.80. The second-order valence-corrected chi connectivity index (χ2v) is 7.20. The van der Waals surface area contributed by atoms with Gasteiger partial charge in [-0.2, -0.15) is 0 Å². The number of ether oxygens (including phenoxy) is 2. The largest absolute Gasteiger partial charge is 0.465 e. The molecule has 0 amide bonds. The number of carbonyl (C=O) groups excluding carboxylic acids is 4. The summed E-state index contributed by atoms with van der Waals surface area (Å²) in [6.45, 7) is 3.41. The molecule has 0 atom stereocenters. The van der Waals surface area contributed by atoms with Crippen LogP contribution in [0.15, 0.2) is 85.0 Å². The zero-order valence-electron chi connectivity index (χ0n) is 18.9. The van der Waals surface area contributed by atoms with Gasteiger partial charge in [-0.3, -0.25) is 19.2 Å². The van der Waals surface area contributed by atoms with Crippen molar-refractivity contribution in [1.29, 1.82) is 0 Å². The Balaban J connectivity index is 2.30. The highest BCUT2D eigenvalue weighted by Crippen LogP contribution is 2.32. The topological polar surface area (TPSA) is 86.7 Å². The summed E-state index contributed by atoms with van der Waals surface area (Å²) in [7, 11) is 0. The molecule has 0 radical (unpaired) electrons. The van der Waals surface area contributed by atoms with E-state index in [0.29, 0.717) is 11.1 Å². The van der Waals surface area contributed by atoms with Crippen molar-refractivity contribution in [2.75, 3.05) is 13.2 Å². The van der Waals surface area contributed by atoms with Crippen molar-refractivity contribution in [2.24, 2.45) is 5.41 Å². The Hall–Kier alpha value is -3.80. The predicted molar refractivity (Wildman–Crippen MR) is 125 cm³/mol. The van der Waals surface area contributed by atoms with Gasteiger partial charge in [0.05, 0.1) is 13.2 Å². The minimum Gasteiger partial charge on any atom is -0.465 e. The van der Waals surface area contributed by atoms with Gasteiger partial charge in [-0.05, 0) is 38.8 Å². The van der Waals surface area contributed by atoms with Crippen molar-refractivity contribution >= 4 is 23.5 Å². The maximum absolute atomic E-state index is 12.9. The highest BCUT2D eigenvalue weighted by Gasteiger charge is 2.47. The lowest BCUT2D eigenvalue weighted by molar-refractivity contribution is -0.171. The summed E-state index contributed by atoms with van der Waals surface area (Å²) >= 11 is 0. The van der Waals surface area contributed by atoms with Gasteiger partial charge in [0.1, 0.15) is 0 Å². The molecule has 0 fully saturated rings. The SMILES string of the molecule is CCOC(=O)C(C/C=C/C(=O)c1ccccc1)(C/C=C/C(=O)c1ccccc1)C(=O)OCC. The minimum atomic E-state index is -1.72. The Kier molecular flexibility index (Phi) is 9.96. The van der Waals surface area contributed by atoms with Gasteiger partial charge in [-0.25, -0.2) is 0 Å². The van der Waals surface area contributed by atoms with Crippen molar-refractivity contribution in [3.05, 3.63) is 96.1 Å². The van der Waals surface area contributed by atoms with Crippen LogP contribution in [0, 0.1) is 5.41 Å². The lowest BCUT2D eigenvalue weighted by Crippen LogP contribution is -2.41. The summed E-state index contributed by atoms with van der Waals surface area (Å²) < 4.78 is 10.4. The number of hydrogen-bond acceptors (Lipinski definition) is 6. The second-order valence-electron chi connectivity index (χ2n) is 7.20. The van der Waals surface area contributed by atoms with E-state index in [1.165, 1.54) is 24.3 Å². The molecule has 0 heterocycles. The monoisotopic (exact) mass is 448 g/mol. The molecule has 0 aliphatic rings. The van der Waals surface area contributed by atoms with Gasteiger partial charge < -0.3 is 9.47 Å². The van der Waals surface area contributed by atoms with Gasteiger partial charge in [0.2, 0.25) is 0 Å². The van der Waals surface area contributed by atoms with E-state index in [1.54, 1.807) is 74.5 Å². The summed E-state index contributed by atoms with van der Waals surface area (Å²) in [5.74, 6) is -2.05. The van der Waals surface area contributed by atoms with Gasteiger partial charge in [-0.1, -0.05) is 72.8 Å². The maximum atomic E-state index is 12.9. The summed E-state index contributed by atoms with van der Waals surface area (Å²) in [5, 5.41) is 0. The lowest BCUT2D eigenvalue weighted by Gasteiger charge is -2.27. The van der Waals surface area contributed by atoms with Crippen molar-refractivity contribution in [3.63, 3.8) is 0 Å².